The highest BCUT2D eigenvalue weighted by atomic mass is 35.5. The van der Waals surface area contributed by atoms with Gasteiger partial charge in [-0.15, -0.1) is 0 Å². The molecule has 0 unspecified atom stereocenters. The molecule has 36 heavy (non-hydrogen) atoms. The van der Waals surface area contributed by atoms with Gasteiger partial charge in [0.15, 0.2) is 0 Å². The van der Waals surface area contributed by atoms with Gasteiger partial charge in [0.05, 0.1) is 17.0 Å². The molecule has 2 aliphatic rings. The van der Waals surface area contributed by atoms with Gasteiger partial charge in [-0.2, -0.15) is 5.10 Å². The van der Waals surface area contributed by atoms with Crippen molar-refractivity contribution in [1.29, 1.82) is 0 Å². The summed E-state index contributed by atoms with van der Waals surface area (Å²) in [5.74, 6) is -1.41. The fraction of sp³-hybridized carbons (Fsp3) is 0.407. The molecule has 1 saturated heterocycles. The van der Waals surface area contributed by atoms with E-state index >= 15 is 0 Å². The van der Waals surface area contributed by atoms with Gasteiger partial charge < -0.3 is 15.4 Å². The van der Waals surface area contributed by atoms with Gasteiger partial charge >= 0.3 is 0 Å². The first-order valence-corrected chi connectivity index (χ1v) is 12.3. The maximum Gasteiger partial charge on any atom is 0.256 e. The Hall–Kier alpha value is -3.39. The third-order valence-corrected chi connectivity index (χ3v) is 7.52. The van der Waals surface area contributed by atoms with Gasteiger partial charge in [0.25, 0.3) is 5.91 Å². The van der Waals surface area contributed by atoms with Gasteiger partial charge in [-0.3, -0.25) is 14.4 Å². The third-order valence-electron chi connectivity index (χ3n) is 7.28. The molecule has 2 aromatic carbocycles. The van der Waals surface area contributed by atoms with Crippen LogP contribution in [0.2, 0.25) is 5.02 Å². The zero-order chi connectivity index (χ0) is 26.1. The summed E-state index contributed by atoms with van der Waals surface area (Å²) in [6.07, 6.45) is 0.899. The Bertz CT molecular complexity index is 1200. The molecule has 0 bridgehead atoms. The largest absolute Gasteiger partial charge is 0.493 e. The first kappa shape index (κ1) is 25.7. The Morgan fingerprint density at radius 3 is 2.58 bits per heavy atom. The Kier molecular flexibility index (Phi) is 7.09. The highest BCUT2D eigenvalue weighted by molar-refractivity contribution is 6.30. The fourth-order valence-corrected chi connectivity index (χ4v) is 5.11. The van der Waals surface area contributed by atoms with E-state index in [9.17, 15) is 14.4 Å². The molecule has 2 heterocycles. The van der Waals surface area contributed by atoms with Gasteiger partial charge in [0.1, 0.15) is 17.8 Å². The number of piperidine rings is 1. The summed E-state index contributed by atoms with van der Waals surface area (Å²) in [6.45, 7) is 3.78. The van der Waals surface area contributed by atoms with E-state index < -0.39 is 22.7 Å². The zero-order valence-corrected chi connectivity index (χ0v) is 21.5. The molecule has 0 spiro atoms. The molecule has 1 fully saturated rings. The Labute approximate surface area is 216 Å². The van der Waals surface area contributed by atoms with E-state index in [1.807, 2.05) is 30.3 Å². The summed E-state index contributed by atoms with van der Waals surface area (Å²) >= 11 is 6.07. The number of hydrazone groups is 1. The molecule has 3 amide bonds. The number of nitrogens with two attached hydrogens (primary N) is 1. The zero-order valence-electron chi connectivity index (χ0n) is 20.7. The Morgan fingerprint density at radius 1 is 1.19 bits per heavy atom. The van der Waals surface area contributed by atoms with Crippen LogP contribution in [0, 0.1) is 16.7 Å². The molecule has 0 radical (unpaired) electrons. The molecule has 190 valence electrons. The number of rotatable bonds is 8. The first-order valence-electron chi connectivity index (χ1n) is 11.9. The molecule has 2 atom stereocenters. The number of benzene rings is 2. The van der Waals surface area contributed by atoms with Gasteiger partial charge in [-0.1, -0.05) is 61.8 Å². The monoisotopic (exact) mass is 510 g/mol. The molecule has 2 aliphatic heterocycles. The quantitative estimate of drug-likeness (QED) is 0.589. The van der Waals surface area contributed by atoms with Gasteiger partial charge in [0, 0.05) is 31.6 Å². The number of fused-ring (bicyclic) bond motifs is 1. The summed E-state index contributed by atoms with van der Waals surface area (Å²) in [5.41, 5.74) is 5.36. The number of amides is 3. The predicted molar refractivity (Wildman–Crippen MR) is 137 cm³/mol. The number of carbonyl (C=O) groups is 3. The Morgan fingerprint density at radius 2 is 1.92 bits per heavy atom. The lowest BCUT2D eigenvalue weighted by atomic mass is 9.72. The van der Waals surface area contributed by atoms with Crippen molar-refractivity contribution in [2.75, 3.05) is 26.7 Å². The van der Waals surface area contributed by atoms with Crippen LogP contribution in [0.25, 0.3) is 0 Å². The lowest BCUT2D eigenvalue weighted by Crippen LogP contribution is -2.58. The van der Waals surface area contributed by atoms with E-state index in [1.165, 1.54) is 5.01 Å². The average molecular weight is 511 g/mol. The maximum absolute atomic E-state index is 14.0. The maximum atomic E-state index is 14.0. The van der Waals surface area contributed by atoms with Gasteiger partial charge in [-0.05, 0) is 30.2 Å². The fourth-order valence-electron chi connectivity index (χ4n) is 4.93. The van der Waals surface area contributed by atoms with E-state index in [4.69, 9.17) is 22.1 Å². The van der Waals surface area contributed by atoms with Gasteiger partial charge in [0.2, 0.25) is 11.8 Å². The second-order valence-corrected chi connectivity index (χ2v) is 10.5. The highest BCUT2D eigenvalue weighted by Crippen LogP contribution is 2.40. The second kappa shape index (κ2) is 9.93. The number of likely N-dealkylation sites (tertiary alicyclic amines) is 1. The van der Waals surface area contributed by atoms with Crippen LogP contribution in [0.3, 0.4) is 0 Å². The minimum Gasteiger partial charge on any atom is -0.493 e. The molecule has 2 aromatic rings. The van der Waals surface area contributed by atoms with Crippen molar-refractivity contribution in [3.05, 3.63) is 65.2 Å². The van der Waals surface area contributed by atoms with Crippen molar-refractivity contribution in [3.8, 4) is 5.75 Å². The molecule has 4 rings (SSSR count). The number of hydrogen-bond acceptors (Lipinski definition) is 5. The summed E-state index contributed by atoms with van der Waals surface area (Å²) in [7, 11) is 1.64. The third kappa shape index (κ3) is 4.82. The van der Waals surface area contributed by atoms with Crippen molar-refractivity contribution < 1.29 is 19.1 Å². The normalized spacial score (nSPS) is 20.6. The second-order valence-electron chi connectivity index (χ2n) is 10.0. The Balaban J connectivity index is 1.62. The summed E-state index contributed by atoms with van der Waals surface area (Å²) in [6, 6.07) is 16.6. The summed E-state index contributed by atoms with van der Waals surface area (Å²) in [5, 5.41) is 6.38. The van der Waals surface area contributed by atoms with Gasteiger partial charge in [-0.25, -0.2) is 5.01 Å². The van der Waals surface area contributed by atoms with Crippen LogP contribution in [0.4, 0.5) is 0 Å². The number of halogens is 1. The standard InChI is InChI=1S/C27H31ClN4O4/c1-26(2,24(29)34)21(16-36-20-11-7-10-19(28)14-20)23(33)32-13-12-22-27(17-32,25(35)31(3)30-22)15-18-8-5-4-6-9-18/h4-11,14,21H,12-13,15-17H2,1-3H3,(H2,29,34)/t21-,27-/m1/s1. The van der Waals surface area contributed by atoms with Crippen LogP contribution in [-0.2, 0) is 20.8 Å². The molecule has 0 aliphatic carbocycles. The lowest BCUT2D eigenvalue weighted by molar-refractivity contribution is -0.149. The average Bonchev–Trinajstić information content (AvgIpc) is 3.08. The minimum absolute atomic E-state index is 0.0634. The molecule has 2 N–H and O–H groups in total. The molecular weight excluding hydrogens is 480 g/mol. The van der Waals surface area contributed by atoms with Crippen LogP contribution in [-0.4, -0.2) is 60.1 Å². The summed E-state index contributed by atoms with van der Waals surface area (Å²) in [4.78, 5) is 41.4. The number of carbonyl (C=O) groups excluding carboxylic acids is 3. The molecular formula is C27H31ClN4O4. The molecule has 9 heteroatoms. The number of ether oxygens (including phenoxy) is 1. The molecule has 0 aromatic heterocycles. The van der Waals surface area contributed by atoms with Crippen LogP contribution in [0.5, 0.6) is 5.75 Å². The van der Waals surface area contributed by atoms with Crippen molar-refractivity contribution in [3.63, 3.8) is 0 Å². The van der Waals surface area contributed by atoms with E-state index in [-0.39, 0.29) is 25.0 Å². The molecule has 0 saturated carbocycles. The topological polar surface area (TPSA) is 105 Å². The van der Waals surface area contributed by atoms with Crippen LogP contribution < -0.4 is 10.5 Å². The van der Waals surface area contributed by atoms with Crippen LogP contribution in [0.15, 0.2) is 59.7 Å². The van der Waals surface area contributed by atoms with E-state index in [0.717, 1.165) is 11.3 Å². The van der Waals surface area contributed by atoms with Crippen molar-refractivity contribution in [2.24, 2.45) is 27.6 Å². The SMILES string of the molecule is CN1N=C2CCN(C(=O)[C@@H](COc3cccc(Cl)c3)C(C)(C)C(N)=O)C[C@@]2(Cc2ccccc2)C1=O. The van der Waals surface area contributed by atoms with Crippen molar-refractivity contribution >= 4 is 35.0 Å². The summed E-state index contributed by atoms with van der Waals surface area (Å²) < 4.78 is 5.90. The smallest absolute Gasteiger partial charge is 0.256 e. The minimum atomic E-state index is -1.19. The van der Waals surface area contributed by atoms with Crippen LogP contribution >= 0.6 is 11.6 Å². The lowest BCUT2D eigenvalue weighted by Gasteiger charge is -2.42. The number of nitrogens with zero attached hydrogens (tertiary/aromatic N) is 3. The molecule has 8 nitrogen and oxygen atoms in total. The van der Waals surface area contributed by atoms with E-state index in [2.05, 4.69) is 5.10 Å². The predicted octanol–water partition coefficient (Wildman–Crippen LogP) is 3.14. The van der Waals surface area contributed by atoms with E-state index in [0.29, 0.717) is 30.2 Å². The van der Waals surface area contributed by atoms with Crippen molar-refractivity contribution in [1.82, 2.24) is 9.91 Å². The van der Waals surface area contributed by atoms with E-state index in [1.54, 1.807) is 50.1 Å². The van der Waals surface area contributed by atoms with Crippen molar-refractivity contribution in [2.45, 2.75) is 26.7 Å². The number of hydrogen-bond donors (Lipinski definition) is 1. The number of primary amides is 1. The highest BCUT2D eigenvalue weighted by Gasteiger charge is 2.54. The first-order chi connectivity index (χ1) is 17.0. The van der Waals surface area contributed by atoms with Crippen LogP contribution in [0.1, 0.15) is 25.8 Å².